The number of hydrogen-bond donors (Lipinski definition) is 3. The zero-order valence-corrected chi connectivity index (χ0v) is 11.5. The molecule has 0 saturated carbocycles. The van der Waals surface area contributed by atoms with Crippen LogP contribution in [0.15, 0.2) is 42.5 Å². The second kappa shape index (κ2) is 6.37. The van der Waals surface area contributed by atoms with E-state index in [1.807, 2.05) is 0 Å². The summed E-state index contributed by atoms with van der Waals surface area (Å²) in [5.41, 5.74) is 1.49. The summed E-state index contributed by atoms with van der Waals surface area (Å²) < 4.78 is 12.8. The van der Waals surface area contributed by atoms with Gasteiger partial charge in [0.15, 0.2) is 0 Å². The van der Waals surface area contributed by atoms with Crippen molar-refractivity contribution in [3.05, 3.63) is 65.0 Å². The van der Waals surface area contributed by atoms with Gasteiger partial charge in [-0.3, -0.25) is 4.79 Å². The van der Waals surface area contributed by atoms with Crippen LogP contribution in [0.1, 0.15) is 27.6 Å². The van der Waals surface area contributed by atoms with E-state index in [0.717, 1.165) is 5.56 Å². The quantitative estimate of drug-likeness (QED) is 0.809. The average molecular weight is 289 g/mol. The molecule has 110 valence electrons. The number of amides is 1. The first kappa shape index (κ1) is 15.0. The fourth-order valence-electron chi connectivity index (χ4n) is 1.92. The lowest BCUT2D eigenvalue weighted by Crippen LogP contribution is -2.28. The highest BCUT2D eigenvalue weighted by Gasteiger charge is 2.13. The molecule has 5 heteroatoms. The molecule has 1 atom stereocenters. The number of carbonyl (C=O) groups excluding carboxylic acids is 1. The first-order chi connectivity index (χ1) is 9.97. The lowest BCUT2D eigenvalue weighted by molar-refractivity contribution is 0.0913. The predicted octanol–water partition coefficient (Wildman–Crippen LogP) is 2.30. The summed E-state index contributed by atoms with van der Waals surface area (Å²) in [4.78, 5) is 11.9. The van der Waals surface area contributed by atoms with E-state index in [1.54, 1.807) is 13.0 Å². The van der Waals surface area contributed by atoms with Gasteiger partial charge in [0, 0.05) is 6.54 Å². The molecule has 0 aromatic heterocycles. The van der Waals surface area contributed by atoms with Crippen molar-refractivity contribution >= 4 is 5.91 Å². The molecule has 0 heterocycles. The molecule has 2 aromatic rings. The number of hydrogen-bond acceptors (Lipinski definition) is 3. The van der Waals surface area contributed by atoms with Gasteiger partial charge in [-0.15, -0.1) is 0 Å². The number of benzene rings is 2. The third kappa shape index (κ3) is 3.79. The summed E-state index contributed by atoms with van der Waals surface area (Å²) >= 11 is 0. The lowest BCUT2D eigenvalue weighted by atomic mass is 10.1. The van der Waals surface area contributed by atoms with Crippen LogP contribution in [0.2, 0.25) is 0 Å². The maximum Gasteiger partial charge on any atom is 0.255 e. The second-order valence-corrected chi connectivity index (χ2v) is 4.80. The van der Waals surface area contributed by atoms with Gasteiger partial charge in [-0.1, -0.05) is 18.2 Å². The van der Waals surface area contributed by atoms with Gasteiger partial charge in [-0.2, -0.15) is 0 Å². The SMILES string of the molecule is Cc1ccc(C(=O)NCC(O)c2ccc(F)cc2)c(O)c1. The number of aliphatic hydroxyl groups is 1. The highest BCUT2D eigenvalue weighted by atomic mass is 19.1. The number of nitrogens with one attached hydrogen (secondary N) is 1. The molecule has 2 aromatic carbocycles. The van der Waals surface area contributed by atoms with Crippen LogP contribution in [0.3, 0.4) is 0 Å². The van der Waals surface area contributed by atoms with Crippen LogP contribution >= 0.6 is 0 Å². The molecule has 3 N–H and O–H groups in total. The monoisotopic (exact) mass is 289 g/mol. The molecule has 0 saturated heterocycles. The number of phenolic OH excluding ortho intramolecular Hbond substituents is 1. The molecule has 0 fully saturated rings. The molecule has 1 unspecified atom stereocenters. The van der Waals surface area contributed by atoms with E-state index in [0.29, 0.717) is 5.56 Å². The number of phenols is 1. The van der Waals surface area contributed by atoms with Gasteiger partial charge in [0.1, 0.15) is 11.6 Å². The first-order valence-electron chi connectivity index (χ1n) is 6.48. The number of halogens is 1. The maximum absolute atomic E-state index is 12.8. The Labute approximate surface area is 121 Å². The lowest BCUT2D eigenvalue weighted by Gasteiger charge is -2.13. The van der Waals surface area contributed by atoms with Crippen LogP contribution in [0, 0.1) is 12.7 Å². The van der Waals surface area contributed by atoms with E-state index in [9.17, 15) is 19.4 Å². The summed E-state index contributed by atoms with van der Waals surface area (Å²) in [6.07, 6.45) is -0.942. The zero-order chi connectivity index (χ0) is 15.4. The Morgan fingerprint density at radius 1 is 1.24 bits per heavy atom. The smallest absolute Gasteiger partial charge is 0.255 e. The van der Waals surface area contributed by atoms with Crippen molar-refractivity contribution in [3.63, 3.8) is 0 Å². The molecule has 0 spiro atoms. The highest BCUT2D eigenvalue weighted by Crippen LogP contribution is 2.18. The van der Waals surface area contributed by atoms with Gasteiger partial charge in [0.2, 0.25) is 0 Å². The molecule has 21 heavy (non-hydrogen) atoms. The Balaban J connectivity index is 1.99. The predicted molar refractivity (Wildman–Crippen MR) is 76.5 cm³/mol. The molecule has 0 aliphatic heterocycles. The Kier molecular flexibility index (Phi) is 4.55. The minimum Gasteiger partial charge on any atom is -0.507 e. The number of aromatic hydroxyl groups is 1. The Morgan fingerprint density at radius 3 is 2.52 bits per heavy atom. The third-order valence-corrected chi connectivity index (χ3v) is 3.11. The van der Waals surface area contributed by atoms with Crippen LogP contribution in [0.25, 0.3) is 0 Å². The molecule has 0 bridgehead atoms. The van der Waals surface area contributed by atoms with Gasteiger partial charge in [0.25, 0.3) is 5.91 Å². The van der Waals surface area contributed by atoms with Crippen molar-refractivity contribution < 1.29 is 19.4 Å². The fraction of sp³-hybridized carbons (Fsp3) is 0.188. The number of aliphatic hydroxyl groups excluding tert-OH is 1. The normalized spacial score (nSPS) is 12.0. The van der Waals surface area contributed by atoms with Crippen LogP contribution < -0.4 is 5.32 Å². The van der Waals surface area contributed by atoms with Crippen LogP contribution in [-0.4, -0.2) is 22.7 Å². The standard InChI is InChI=1S/C16H16FNO3/c1-10-2-7-13(14(19)8-10)16(21)18-9-15(20)11-3-5-12(17)6-4-11/h2-8,15,19-20H,9H2,1H3,(H,18,21). The molecular weight excluding hydrogens is 273 g/mol. The largest absolute Gasteiger partial charge is 0.507 e. The minimum atomic E-state index is -0.942. The van der Waals surface area contributed by atoms with Crippen molar-refractivity contribution in [3.8, 4) is 5.75 Å². The highest BCUT2D eigenvalue weighted by molar-refractivity contribution is 5.96. The Morgan fingerprint density at radius 2 is 1.90 bits per heavy atom. The summed E-state index contributed by atoms with van der Waals surface area (Å²) in [5, 5.41) is 22.2. The van der Waals surface area contributed by atoms with Crippen molar-refractivity contribution in [2.24, 2.45) is 0 Å². The van der Waals surface area contributed by atoms with Gasteiger partial charge >= 0.3 is 0 Å². The fourth-order valence-corrected chi connectivity index (χ4v) is 1.92. The van der Waals surface area contributed by atoms with Crippen molar-refractivity contribution in [1.29, 1.82) is 0 Å². The Hall–Kier alpha value is -2.40. The number of carbonyl (C=O) groups is 1. The number of aryl methyl sites for hydroxylation is 1. The average Bonchev–Trinajstić information content (AvgIpc) is 2.45. The molecule has 0 aliphatic rings. The van der Waals surface area contributed by atoms with E-state index in [-0.39, 0.29) is 23.7 Å². The Bertz CT molecular complexity index is 640. The molecule has 2 rings (SSSR count). The van der Waals surface area contributed by atoms with Crippen LogP contribution in [-0.2, 0) is 0 Å². The molecule has 0 radical (unpaired) electrons. The van der Waals surface area contributed by atoms with E-state index >= 15 is 0 Å². The van der Waals surface area contributed by atoms with E-state index in [4.69, 9.17) is 0 Å². The van der Waals surface area contributed by atoms with Crippen molar-refractivity contribution in [2.45, 2.75) is 13.0 Å². The summed E-state index contributed by atoms with van der Waals surface area (Å²) in [7, 11) is 0. The van der Waals surface area contributed by atoms with E-state index < -0.39 is 12.0 Å². The van der Waals surface area contributed by atoms with E-state index in [2.05, 4.69) is 5.32 Å². The molecule has 4 nitrogen and oxygen atoms in total. The topological polar surface area (TPSA) is 69.6 Å². The molecule has 1 amide bonds. The summed E-state index contributed by atoms with van der Waals surface area (Å²) in [6, 6.07) is 10.1. The summed E-state index contributed by atoms with van der Waals surface area (Å²) in [6.45, 7) is 1.78. The zero-order valence-electron chi connectivity index (χ0n) is 11.5. The number of rotatable bonds is 4. The van der Waals surface area contributed by atoms with E-state index in [1.165, 1.54) is 36.4 Å². The maximum atomic E-state index is 12.8. The van der Waals surface area contributed by atoms with Crippen LogP contribution in [0.4, 0.5) is 4.39 Å². The van der Waals surface area contributed by atoms with Gasteiger partial charge < -0.3 is 15.5 Å². The third-order valence-electron chi connectivity index (χ3n) is 3.11. The minimum absolute atomic E-state index is 0.0300. The molecular formula is C16H16FNO3. The van der Waals surface area contributed by atoms with Crippen molar-refractivity contribution in [2.75, 3.05) is 6.54 Å². The molecule has 0 aliphatic carbocycles. The summed E-state index contributed by atoms with van der Waals surface area (Å²) in [5.74, 6) is -0.975. The van der Waals surface area contributed by atoms with Gasteiger partial charge in [-0.25, -0.2) is 4.39 Å². The van der Waals surface area contributed by atoms with Crippen LogP contribution in [0.5, 0.6) is 5.75 Å². The van der Waals surface area contributed by atoms with Gasteiger partial charge in [-0.05, 0) is 42.3 Å². The van der Waals surface area contributed by atoms with Gasteiger partial charge in [0.05, 0.1) is 11.7 Å². The first-order valence-corrected chi connectivity index (χ1v) is 6.48. The van der Waals surface area contributed by atoms with Crippen molar-refractivity contribution in [1.82, 2.24) is 5.32 Å². The second-order valence-electron chi connectivity index (χ2n) is 4.80.